The van der Waals surface area contributed by atoms with E-state index in [-0.39, 0.29) is 22.7 Å². The van der Waals surface area contributed by atoms with Gasteiger partial charge in [0.1, 0.15) is 12.1 Å². The Hall–Kier alpha value is -0.483. The third-order valence-electron chi connectivity index (χ3n) is 4.85. The lowest BCUT2D eigenvalue weighted by Gasteiger charge is -2.38. The van der Waals surface area contributed by atoms with E-state index in [1.165, 1.54) is 0 Å². The second-order valence-corrected chi connectivity index (χ2v) is 12.8. The summed E-state index contributed by atoms with van der Waals surface area (Å²) in [5, 5.41) is 0.171. The molecule has 0 saturated carbocycles. The van der Waals surface area contributed by atoms with Crippen molar-refractivity contribution >= 4 is 20.4 Å². The molecule has 0 aliphatic rings. The number of rotatable bonds is 9. The molecule has 4 heteroatoms. The maximum atomic E-state index is 11.4. The molecule has 0 aromatic rings. The molecule has 21 heavy (non-hydrogen) atoms. The molecular formula is C17H34O3Si. The van der Waals surface area contributed by atoms with Crippen LogP contribution in [0.5, 0.6) is 0 Å². The topological polar surface area (TPSA) is 43.4 Å². The van der Waals surface area contributed by atoms with Crippen LogP contribution in [0.2, 0.25) is 18.1 Å². The van der Waals surface area contributed by atoms with E-state index in [9.17, 15) is 9.59 Å². The van der Waals surface area contributed by atoms with Gasteiger partial charge in [-0.2, -0.15) is 0 Å². The molecule has 0 aliphatic heterocycles. The van der Waals surface area contributed by atoms with Crippen molar-refractivity contribution in [2.45, 2.75) is 72.5 Å². The van der Waals surface area contributed by atoms with E-state index in [1.54, 1.807) is 6.92 Å². The van der Waals surface area contributed by atoms with Gasteiger partial charge in [-0.15, -0.1) is 0 Å². The highest BCUT2D eigenvalue weighted by molar-refractivity contribution is 6.74. The Morgan fingerprint density at radius 1 is 1.24 bits per heavy atom. The molecule has 0 aromatic carbocycles. The molecule has 0 rings (SSSR count). The maximum Gasteiger partial charge on any atom is 0.191 e. The van der Waals surface area contributed by atoms with Gasteiger partial charge >= 0.3 is 0 Å². The first-order valence-corrected chi connectivity index (χ1v) is 10.9. The van der Waals surface area contributed by atoms with Gasteiger partial charge in [0.2, 0.25) is 0 Å². The summed E-state index contributed by atoms with van der Waals surface area (Å²) in [6, 6.07) is 0. The molecule has 0 saturated heterocycles. The molecule has 0 aliphatic carbocycles. The van der Waals surface area contributed by atoms with Crippen LogP contribution in [0.3, 0.4) is 0 Å². The van der Waals surface area contributed by atoms with Crippen molar-refractivity contribution in [2.24, 2.45) is 17.8 Å². The van der Waals surface area contributed by atoms with Gasteiger partial charge in [0, 0.05) is 18.9 Å². The Morgan fingerprint density at radius 2 is 1.76 bits per heavy atom. The number of Topliss-reactive ketones (excluding diaryl/α,β-unsaturated/α-hetero) is 1. The fourth-order valence-corrected chi connectivity index (χ4v) is 3.13. The van der Waals surface area contributed by atoms with Crippen molar-refractivity contribution in [1.82, 2.24) is 0 Å². The van der Waals surface area contributed by atoms with Crippen molar-refractivity contribution in [3.8, 4) is 0 Å². The van der Waals surface area contributed by atoms with Gasteiger partial charge in [-0.25, -0.2) is 0 Å². The van der Waals surface area contributed by atoms with Gasteiger partial charge in [0.05, 0.1) is 0 Å². The summed E-state index contributed by atoms with van der Waals surface area (Å²) in [5.74, 6) is 0.626. The number of carbonyl (C=O) groups is 2. The Bertz CT molecular complexity index is 342. The fourth-order valence-electron chi connectivity index (χ4n) is 2.08. The minimum Gasteiger partial charge on any atom is -0.417 e. The maximum absolute atomic E-state index is 11.4. The SMILES string of the molecule is CC(=O)CC[C@H](C=O)[C@@H](CO[Si](C)(C)C(C)(C)C)C(C)C. The van der Waals surface area contributed by atoms with Gasteiger partial charge in [-0.1, -0.05) is 34.6 Å². The van der Waals surface area contributed by atoms with Crippen LogP contribution in [0.25, 0.3) is 0 Å². The van der Waals surface area contributed by atoms with Crippen LogP contribution in [-0.4, -0.2) is 27.0 Å². The normalized spacial score (nSPS) is 15.9. The van der Waals surface area contributed by atoms with Crippen LogP contribution in [0, 0.1) is 17.8 Å². The molecule has 0 amide bonds. The summed E-state index contributed by atoms with van der Waals surface area (Å²) in [4.78, 5) is 22.6. The fraction of sp³-hybridized carbons (Fsp3) is 0.882. The zero-order valence-corrected chi connectivity index (χ0v) is 16.2. The van der Waals surface area contributed by atoms with Crippen LogP contribution >= 0.6 is 0 Å². The lowest BCUT2D eigenvalue weighted by Crippen LogP contribution is -2.43. The first kappa shape index (κ1) is 20.5. The highest BCUT2D eigenvalue weighted by atomic mass is 28.4. The Kier molecular flexibility index (Phi) is 8.04. The summed E-state index contributed by atoms with van der Waals surface area (Å²) in [6.45, 7) is 17.6. The first-order valence-electron chi connectivity index (χ1n) is 8.01. The van der Waals surface area contributed by atoms with Crippen LogP contribution in [0.15, 0.2) is 0 Å². The average molecular weight is 315 g/mol. The predicted octanol–water partition coefficient (Wildman–Crippen LogP) is 4.46. The molecule has 0 bridgehead atoms. The zero-order valence-electron chi connectivity index (χ0n) is 15.2. The summed E-state index contributed by atoms with van der Waals surface area (Å²) >= 11 is 0. The van der Waals surface area contributed by atoms with Crippen LogP contribution in [0.4, 0.5) is 0 Å². The monoisotopic (exact) mass is 314 g/mol. The Balaban J connectivity index is 4.82. The van der Waals surface area contributed by atoms with Gasteiger partial charge in [-0.3, -0.25) is 0 Å². The zero-order chi connectivity index (χ0) is 16.8. The van der Waals surface area contributed by atoms with Crippen LogP contribution < -0.4 is 0 Å². The van der Waals surface area contributed by atoms with E-state index in [2.05, 4.69) is 47.7 Å². The molecule has 0 heterocycles. The van der Waals surface area contributed by atoms with Gasteiger partial charge in [0.15, 0.2) is 8.32 Å². The van der Waals surface area contributed by atoms with E-state index in [0.29, 0.717) is 25.4 Å². The second-order valence-electron chi connectivity index (χ2n) is 8.02. The van der Waals surface area contributed by atoms with Gasteiger partial charge in [-0.05, 0) is 43.3 Å². The van der Waals surface area contributed by atoms with Crippen LogP contribution in [-0.2, 0) is 14.0 Å². The van der Waals surface area contributed by atoms with Crippen molar-refractivity contribution < 1.29 is 14.0 Å². The average Bonchev–Trinajstić information content (AvgIpc) is 2.30. The number of carbonyl (C=O) groups excluding carboxylic acids is 2. The third-order valence-corrected chi connectivity index (χ3v) is 9.35. The van der Waals surface area contributed by atoms with E-state index in [0.717, 1.165) is 6.29 Å². The van der Waals surface area contributed by atoms with E-state index in [4.69, 9.17) is 4.43 Å². The lowest BCUT2D eigenvalue weighted by molar-refractivity contribution is -0.118. The largest absolute Gasteiger partial charge is 0.417 e. The summed E-state index contributed by atoms with van der Waals surface area (Å²) < 4.78 is 6.30. The molecule has 0 fully saturated rings. The van der Waals surface area contributed by atoms with E-state index in [1.807, 2.05) is 0 Å². The van der Waals surface area contributed by atoms with Gasteiger partial charge < -0.3 is 14.0 Å². The highest BCUT2D eigenvalue weighted by Crippen LogP contribution is 2.37. The molecule has 3 nitrogen and oxygen atoms in total. The minimum absolute atomic E-state index is 0.0846. The van der Waals surface area contributed by atoms with Crippen molar-refractivity contribution in [3.63, 3.8) is 0 Å². The molecule has 124 valence electrons. The summed E-state index contributed by atoms with van der Waals surface area (Å²) in [7, 11) is -1.80. The molecule has 0 spiro atoms. The molecule has 0 aromatic heterocycles. The van der Waals surface area contributed by atoms with Gasteiger partial charge in [0.25, 0.3) is 0 Å². The third kappa shape index (κ3) is 6.87. The number of ketones is 1. The molecular weight excluding hydrogens is 280 g/mol. The quantitative estimate of drug-likeness (QED) is 0.466. The number of hydrogen-bond donors (Lipinski definition) is 0. The van der Waals surface area contributed by atoms with E-state index < -0.39 is 8.32 Å². The van der Waals surface area contributed by atoms with Crippen molar-refractivity contribution in [3.05, 3.63) is 0 Å². The lowest BCUT2D eigenvalue weighted by atomic mass is 9.82. The predicted molar refractivity (Wildman–Crippen MR) is 90.9 cm³/mol. The van der Waals surface area contributed by atoms with E-state index >= 15 is 0 Å². The summed E-state index contributed by atoms with van der Waals surface area (Å²) in [6.07, 6.45) is 2.14. The molecule has 0 unspecified atom stereocenters. The van der Waals surface area contributed by atoms with Crippen molar-refractivity contribution in [1.29, 1.82) is 0 Å². The van der Waals surface area contributed by atoms with Crippen molar-refractivity contribution in [2.75, 3.05) is 6.61 Å². The smallest absolute Gasteiger partial charge is 0.191 e. The Morgan fingerprint density at radius 3 is 2.10 bits per heavy atom. The number of hydrogen-bond acceptors (Lipinski definition) is 3. The standard InChI is InChI=1S/C17H34O3Si/c1-13(2)16(15(11-18)10-9-14(3)19)12-20-21(7,8)17(4,5)6/h11,13,15-16H,9-10,12H2,1-8H3/t15-,16+/m1/s1. The minimum atomic E-state index is -1.80. The Labute approximate surface area is 132 Å². The number of aldehydes is 1. The highest BCUT2D eigenvalue weighted by Gasteiger charge is 2.38. The molecule has 2 atom stereocenters. The molecule has 0 N–H and O–H groups in total. The summed E-state index contributed by atoms with van der Waals surface area (Å²) in [5.41, 5.74) is 0. The molecule has 0 radical (unpaired) electrons. The van der Waals surface area contributed by atoms with Crippen LogP contribution in [0.1, 0.15) is 54.4 Å². The first-order chi connectivity index (χ1) is 9.42. The second kappa shape index (κ2) is 8.23.